The summed E-state index contributed by atoms with van der Waals surface area (Å²) in [6.07, 6.45) is 0. The summed E-state index contributed by atoms with van der Waals surface area (Å²) in [5, 5.41) is 2.40. The second-order valence-corrected chi connectivity index (χ2v) is 4.43. The number of hydrazine groups is 1. The van der Waals surface area contributed by atoms with Crippen LogP contribution in [0.15, 0.2) is 54.6 Å². The van der Waals surface area contributed by atoms with Gasteiger partial charge in [0.15, 0.2) is 0 Å². The maximum Gasteiger partial charge on any atom is 0.328 e. The van der Waals surface area contributed by atoms with Gasteiger partial charge in [-0.3, -0.25) is 25.2 Å². The van der Waals surface area contributed by atoms with E-state index in [1.807, 2.05) is 5.43 Å². The van der Waals surface area contributed by atoms with Crippen molar-refractivity contribution in [3.05, 3.63) is 60.2 Å². The molecule has 2 aromatic carbocycles. The molecular weight excluding hydrogens is 298 g/mol. The zero-order valence-electron chi connectivity index (χ0n) is 12.3. The van der Waals surface area contributed by atoms with E-state index in [-0.39, 0.29) is 5.56 Å². The van der Waals surface area contributed by atoms with Gasteiger partial charge in [-0.2, -0.15) is 0 Å². The fraction of sp³-hybridized carbons (Fsp3) is 0.0625. The normalized spacial score (nSPS) is 9.61. The van der Waals surface area contributed by atoms with E-state index in [1.165, 1.54) is 13.2 Å². The molecule has 0 aliphatic heterocycles. The molecule has 0 spiro atoms. The molecule has 2 rings (SSSR count). The number of para-hydroxylation sites is 2. The predicted molar refractivity (Wildman–Crippen MR) is 83.7 cm³/mol. The van der Waals surface area contributed by atoms with Gasteiger partial charge < -0.3 is 10.1 Å². The van der Waals surface area contributed by atoms with Crippen LogP contribution in [0.25, 0.3) is 0 Å². The minimum Gasteiger partial charge on any atom is -0.496 e. The van der Waals surface area contributed by atoms with E-state index < -0.39 is 17.7 Å². The van der Waals surface area contributed by atoms with Crippen LogP contribution in [0, 0.1) is 0 Å². The van der Waals surface area contributed by atoms with Crippen molar-refractivity contribution < 1.29 is 19.1 Å². The van der Waals surface area contributed by atoms with E-state index >= 15 is 0 Å². The molecule has 3 amide bonds. The number of hydrogen-bond acceptors (Lipinski definition) is 4. The van der Waals surface area contributed by atoms with Crippen molar-refractivity contribution in [3.8, 4) is 5.75 Å². The van der Waals surface area contributed by atoms with Crippen molar-refractivity contribution in [1.29, 1.82) is 0 Å². The number of hydrogen-bond donors (Lipinski definition) is 3. The van der Waals surface area contributed by atoms with Crippen molar-refractivity contribution in [2.24, 2.45) is 0 Å². The molecule has 23 heavy (non-hydrogen) atoms. The van der Waals surface area contributed by atoms with E-state index in [1.54, 1.807) is 48.5 Å². The fourth-order valence-corrected chi connectivity index (χ4v) is 1.78. The maximum absolute atomic E-state index is 12.0. The molecule has 0 aromatic heterocycles. The Labute approximate surface area is 132 Å². The topological polar surface area (TPSA) is 96.5 Å². The Morgan fingerprint density at radius 3 is 2.17 bits per heavy atom. The molecule has 0 unspecified atom stereocenters. The van der Waals surface area contributed by atoms with Crippen molar-refractivity contribution in [2.45, 2.75) is 0 Å². The van der Waals surface area contributed by atoms with E-state index in [9.17, 15) is 14.4 Å². The molecule has 0 fully saturated rings. The molecule has 0 saturated carbocycles. The van der Waals surface area contributed by atoms with Crippen LogP contribution in [-0.4, -0.2) is 24.8 Å². The summed E-state index contributed by atoms with van der Waals surface area (Å²) in [5.74, 6) is -2.12. The molecule has 0 aliphatic rings. The highest BCUT2D eigenvalue weighted by Gasteiger charge is 2.16. The minimum absolute atomic E-state index is 0.235. The fourth-order valence-electron chi connectivity index (χ4n) is 1.78. The molecule has 0 radical (unpaired) electrons. The highest BCUT2D eigenvalue weighted by molar-refractivity contribution is 6.39. The number of methoxy groups -OCH3 is 1. The molecular formula is C16H15N3O4. The van der Waals surface area contributed by atoms with E-state index in [0.717, 1.165) is 0 Å². The largest absolute Gasteiger partial charge is 0.496 e. The second kappa shape index (κ2) is 7.60. The van der Waals surface area contributed by atoms with Gasteiger partial charge in [-0.1, -0.05) is 30.3 Å². The number of anilines is 1. The maximum atomic E-state index is 12.0. The summed E-state index contributed by atoms with van der Waals surface area (Å²) in [7, 11) is 1.43. The zero-order valence-corrected chi connectivity index (χ0v) is 12.3. The van der Waals surface area contributed by atoms with Crippen LogP contribution >= 0.6 is 0 Å². The van der Waals surface area contributed by atoms with Gasteiger partial charge in [0, 0.05) is 5.69 Å². The van der Waals surface area contributed by atoms with Crippen LogP contribution in [0.4, 0.5) is 5.69 Å². The minimum atomic E-state index is -0.989. The van der Waals surface area contributed by atoms with Crippen LogP contribution in [0.2, 0.25) is 0 Å². The number of benzene rings is 2. The first-order valence-corrected chi connectivity index (χ1v) is 6.71. The molecule has 0 bridgehead atoms. The van der Waals surface area contributed by atoms with Gasteiger partial charge in [0.2, 0.25) is 0 Å². The van der Waals surface area contributed by atoms with Crippen LogP contribution in [-0.2, 0) is 9.59 Å². The summed E-state index contributed by atoms with van der Waals surface area (Å²) in [6, 6.07) is 15.0. The summed E-state index contributed by atoms with van der Waals surface area (Å²) < 4.78 is 5.05. The molecule has 7 heteroatoms. The monoisotopic (exact) mass is 313 g/mol. The van der Waals surface area contributed by atoms with Gasteiger partial charge >= 0.3 is 11.8 Å². The number of carbonyl (C=O) groups is 3. The standard InChI is InChI=1S/C16H15N3O4/c1-23-13-10-6-5-9-12(13)14(20)18-19-16(22)15(21)17-11-7-3-2-4-8-11/h2-10H,1H3,(H,17,21)(H,18,20)(H,19,22). The van der Waals surface area contributed by atoms with Crippen LogP contribution < -0.4 is 20.9 Å². The Bertz CT molecular complexity index is 716. The third kappa shape index (κ3) is 4.31. The number of rotatable bonds is 3. The summed E-state index contributed by atoms with van der Waals surface area (Å²) in [4.78, 5) is 35.3. The molecule has 0 heterocycles. The molecule has 0 atom stereocenters. The first kappa shape index (κ1) is 16.0. The SMILES string of the molecule is COc1ccccc1C(=O)NNC(=O)C(=O)Nc1ccccc1. The zero-order chi connectivity index (χ0) is 16.7. The summed E-state index contributed by atoms with van der Waals surface area (Å²) in [6.45, 7) is 0. The molecule has 3 N–H and O–H groups in total. The molecule has 7 nitrogen and oxygen atoms in total. The lowest BCUT2D eigenvalue weighted by Gasteiger charge is -2.10. The van der Waals surface area contributed by atoms with Crippen molar-refractivity contribution in [1.82, 2.24) is 10.9 Å². The Kier molecular flexibility index (Phi) is 5.30. The summed E-state index contributed by atoms with van der Waals surface area (Å²) in [5.41, 5.74) is 4.92. The first-order valence-electron chi connectivity index (χ1n) is 6.71. The van der Waals surface area contributed by atoms with Crippen LogP contribution in [0.5, 0.6) is 5.75 Å². The summed E-state index contributed by atoms with van der Waals surface area (Å²) >= 11 is 0. The average Bonchev–Trinajstić information content (AvgIpc) is 2.60. The quantitative estimate of drug-likeness (QED) is 0.584. The lowest BCUT2D eigenvalue weighted by atomic mass is 10.2. The smallest absolute Gasteiger partial charge is 0.328 e. The van der Waals surface area contributed by atoms with Gasteiger partial charge in [0.05, 0.1) is 12.7 Å². The molecule has 2 aromatic rings. The third-order valence-electron chi connectivity index (χ3n) is 2.88. The second-order valence-electron chi connectivity index (χ2n) is 4.43. The lowest BCUT2D eigenvalue weighted by Crippen LogP contribution is -2.46. The van der Waals surface area contributed by atoms with E-state index in [4.69, 9.17) is 4.74 Å². The van der Waals surface area contributed by atoms with E-state index in [0.29, 0.717) is 11.4 Å². The van der Waals surface area contributed by atoms with Crippen molar-refractivity contribution in [3.63, 3.8) is 0 Å². The van der Waals surface area contributed by atoms with E-state index in [2.05, 4.69) is 10.7 Å². The first-order chi connectivity index (χ1) is 11.1. The Morgan fingerprint density at radius 2 is 1.48 bits per heavy atom. The number of nitrogens with one attached hydrogen (secondary N) is 3. The highest BCUT2D eigenvalue weighted by Crippen LogP contribution is 2.16. The Balaban J connectivity index is 1.91. The Hall–Kier alpha value is -3.35. The molecule has 118 valence electrons. The number of amides is 3. The highest BCUT2D eigenvalue weighted by atomic mass is 16.5. The molecule has 0 aliphatic carbocycles. The van der Waals surface area contributed by atoms with Crippen LogP contribution in [0.1, 0.15) is 10.4 Å². The third-order valence-corrected chi connectivity index (χ3v) is 2.88. The predicted octanol–water partition coefficient (Wildman–Crippen LogP) is 1.09. The van der Waals surface area contributed by atoms with Gasteiger partial charge in [-0.15, -0.1) is 0 Å². The van der Waals surface area contributed by atoms with Gasteiger partial charge in [-0.05, 0) is 24.3 Å². The number of carbonyl (C=O) groups excluding carboxylic acids is 3. The van der Waals surface area contributed by atoms with Gasteiger partial charge in [-0.25, -0.2) is 0 Å². The lowest BCUT2D eigenvalue weighted by molar-refractivity contribution is -0.136. The van der Waals surface area contributed by atoms with Gasteiger partial charge in [0.1, 0.15) is 5.75 Å². The number of ether oxygens (including phenoxy) is 1. The van der Waals surface area contributed by atoms with Crippen molar-refractivity contribution >= 4 is 23.4 Å². The van der Waals surface area contributed by atoms with Gasteiger partial charge in [0.25, 0.3) is 5.91 Å². The van der Waals surface area contributed by atoms with Crippen molar-refractivity contribution in [2.75, 3.05) is 12.4 Å². The average molecular weight is 313 g/mol. The Morgan fingerprint density at radius 1 is 0.826 bits per heavy atom. The molecule has 0 saturated heterocycles. The van der Waals surface area contributed by atoms with Crippen LogP contribution in [0.3, 0.4) is 0 Å².